The van der Waals surface area contributed by atoms with Gasteiger partial charge in [-0.25, -0.2) is 4.98 Å². The van der Waals surface area contributed by atoms with Gasteiger partial charge in [0, 0.05) is 29.4 Å². The average molecular weight is 349 g/mol. The lowest BCUT2D eigenvalue weighted by Gasteiger charge is -2.26. The van der Waals surface area contributed by atoms with Crippen LogP contribution >= 0.6 is 0 Å². The van der Waals surface area contributed by atoms with Gasteiger partial charge >= 0.3 is 0 Å². The van der Waals surface area contributed by atoms with E-state index in [-0.39, 0.29) is 11.7 Å². The fraction of sp³-hybridized carbons (Fsp3) is 0.364. The van der Waals surface area contributed by atoms with Crippen LogP contribution in [0.15, 0.2) is 42.5 Å². The minimum absolute atomic E-state index is 0.0938. The molecule has 26 heavy (non-hydrogen) atoms. The van der Waals surface area contributed by atoms with Crippen LogP contribution in [0.1, 0.15) is 36.0 Å². The number of fused-ring (bicyclic) bond motifs is 3. The summed E-state index contributed by atoms with van der Waals surface area (Å²) in [5.41, 5.74) is 1.62. The van der Waals surface area contributed by atoms with E-state index < -0.39 is 0 Å². The van der Waals surface area contributed by atoms with Gasteiger partial charge in [0.05, 0.1) is 18.7 Å². The molecule has 4 heteroatoms. The van der Waals surface area contributed by atoms with E-state index in [0.29, 0.717) is 12.0 Å². The number of rotatable bonds is 4. The number of aromatic nitrogens is 1. The molecule has 4 nitrogen and oxygen atoms in total. The van der Waals surface area contributed by atoms with Crippen molar-refractivity contribution in [3.05, 3.63) is 48.0 Å². The molecule has 1 fully saturated rings. The zero-order chi connectivity index (χ0) is 18.1. The topological polar surface area (TPSA) is 48.4 Å². The molecule has 0 unspecified atom stereocenters. The maximum Gasteiger partial charge on any atom is 0.221 e. The van der Waals surface area contributed by atoms with Crippen LogP contribution < -0.4 is 4.74 Å². The number of benzene rings is 2. The van der Waals surface area contributed by atoms with Crippen molar-refractivity contribution in [2.75, 3.05) is 14.2 Å². The van der Waals surface area contributed by atoms with E-state index in [1.54, 1.807) is 14.2 Å². The van der Waals surface area contributed by atoms with E-state index in [0.717, 1.165) is 52.9 Å². The third-order valence-corrected chi connectivity index (χ3v) is 5.52. The summed E-state index contributed by atoms with van der Waals surface area (Å²) >= 11 is 0. The van der Waals surface area contributed by atoms with Crippen LogP contribution in [0.5, 0.6) is 5.88 Å². The average Bonchev–Trinajstić information content (AvgIpc) is 2.72. The highest BCUT2D eigenvalue weighted by Crippen LogP contribution is 2.33. The number of hydrogen-bond acceptors (Lipinski definition) is 4. The van der Waals surface area contributed by atoms with E-state index in [2.05, 4.69) is 11.1 Å². The van der Waals surface area contributed by atoms with E-state index in [1.807, 2.05) is 36.4 Å². The molecule has 1 heterocycles. The number of Topliss-reactive ketones (excluding diaryl/α,β-unsaturated/α-hetero) is 1. The Morgan fingerprint density at radius 2 is 1.69 bits per heavy atom. The number of nitrogens with zero attached hydrogens (tertiary/aromatic N) is 1. The summed E-state index contributed by atoms with van der Waals surface area (Å²) in [7, 11) is 3.39. The maximum atomic E-state index is 13.0. The molecule has 0 aliphatic heterocycles. The molecule has 1 aromatic heterocycles. The Morgan fingerprint density at radius 1 is 0.962 bits per heavy atom. The van der Waals surface area contributed by atoms with Crippen LogP contribution in [0.2, 0.25) is 0 Å². The molecule has 0 spiro atoms. The van der Waals surface area contributed by atoms with Gasteiger partial charge in [-0.1, -0.05) is 18.2 Å². The van der Waals surface area contributed by atoms with Crippen molar-refractivity contribution in [3.63, 3.8) is 0 Å². The minimum atomic E-state index is 0.0938. The first-order chi connectivity index (χ1) is 12.7. The number of carbonyl (C=O) groups excluding carboxylic acids is 1. The highest BCUT2D eigenvalue weighted by Gasteiger charge is 2.27. The minimum Gasteiger partial charge on any atom is -0.481 e. The van der Waals surface area contributed by atoms with Gasteiger partial charge in [0.15, 0.2) is 5.78 Å². The summed E-state index contributed by atoms with van der Waals surface area (Å²) in [4.78, 5) is 17.6. The maximum absolute atomic E-state index is 13.0. The second kappa shape index (κ2) is 7.04. The lowest BCUT2D eigenvalue weighted by molar-refractivity contribution is 0.0519. The highest BCUT2D eigenvalue weighted by atomic mass is 16.5. The van der Waals surface area contributed by atoms with Gasteiger partial charge in [0.2, 0.25) is 5.88 Å². The zero-order valence-electron chi connectivity index (χ0n) is 15.2. The standard InChI is InChI=1S/C22H23NO3/c1-25-16-10-7-14(8-11-16)21(24)15-9-12-20-19(13-15)17-5-3-4-6-18(17)22(23-20)26-2/h3-6,9,12-14,16H,7-8,10-11H2,1-2H3. The van der Waals surface area contributed by atoms with Crippen molar-refractivity contribution >= 4 is 27.5 Å². The summed E-state index contributed by atoms with van der Waals surface area (Å²) in [6, 6.07) is 13.9. The number of ether oxygens (including phenoxy) is 2. The molecular weight excluding hydrogens is 326 g/mol. The summed E-state index contributed by atoms with van der Waals surface area (Å²) in [5.74, 6) is 0.947. The first-order valence-electron chi connectivity index (χ1n) is 9.14. The number of methoxy groups -OCH3 is 2. The van der Waals surface area contributed by atoms with Crippen LogP contribution in [0.25, 0.3) is 21.7 Å². The van der Waals surface area contributed by atoms with Gasteiger partial charge in [-0.15, -0.1) is 0 Å². The van der Waals surface area contributed by atoms with Gasteiger partial charge in [0.25, 0.3) is 0 Å². The molecule has 0 saturated heterocycles. The summed E-state index contributed by atoms with van der Waals surface area (Å²) in [5, 5.41) is 3.03. The number of pyridine rings is 1. The lowest BCUT2D eigenvalue weighted by Crippen LogP contribution is -2.25. The van der Waals surface area contributed by atoms with Gasteiger partial charge in [-0.3, -0.25) is 4.79 Å². The quantitative estimate of drug-likeness (QED) is 0.502. The van der Waals surface area contributed by atoms with E-state index in [1.165, 1.54) is 0 Å². The normalized spacial score (nSPS) is 20.4. The second-order valence-corrected chi connectivity index (χ2v) is 6.97. The molecule has 1 aliphatic rings. The molecule has 0 N–H and O–H groups in total. The number of ketones is 1. The molecule has 4 rings (SSSR count). The van der Waals surface area contributed by atoms with Crippen molar-refractivity contribution in [3.8, 4) is 5.88 Å². The van der Waals surface area contributed by atoms with Gasteiger partial charge in [0.1, 0.15) is 0 Å². The molecule has 0 atom stereocenters. The molecule has 134 valence electrons. The number of hydrogen-bond donors (Lipinski definition) is 0. The second-order valence-electron chi connectivity index (χ2n) is 6.97. The van der Waals surface area contributed by atoms with Gasteiger partial charge < -0.3 is 9.47 Å². The van der Waals surface area contributed by atoms with Crippen LogP contribution in [-0.2, 0) is 4.74 Å². The predicted octanol–water partition coefficient (Wildman–Crippen LogP) is 4.78. The highest BCUT2D eigenvalue weighted by molar-refractivity contribution is 6.10. The Bertz CT molecular complexity index is 958. The van der Waals surface area contributed by atoms with Crippen molar-refractivity contribution in [1.29, 1.82) is 0 Å². The Hall–Kier alpha value is -2.46. The van der Waals surface area contributed by atoms with Crippen LogP contribution in [-0.4, -0.2) is 31.1 Å². The SMILES string of the molecule is COc1nc2ccc(C(=O)C3CCC(OC)CC3)cc2c2ccccc12. The largest absolute Gasteiger partial charge is 0.481 e. The molecule has 0 amide bonds. The Labute approximate surface area is 153 Å². The fourth-order valence-electron chi connectivity index (χ4n) is 4.03. The smallest absolute Gasteiger partial charge is 0.221 e. The first kappa shape index (κ1) is 17.0. The molecule has 2 aromatic carbocycles. The van der Waals surface area contributed by atoms with Crippen LogP contribution in [0, 0.1) is 5.92 Å². The molecule has 1 saturated carbocycles. The third-order valence-electron chi connectivity index (χ3n) is 5.52. The molecular formula is C22H23NO3. The third kappa shape index (κ3) is 2.95. The first-order valence-corrected chi connectivity index (χ1v) is 9.14. The fourth-order valence-corrected chi connectivity index (χ4v) is 4.03. The van der Waals surface area contributed by atoms with Gasteiger partial charge in [-0.2, -0.15) is 0 Å². The van der Waals surface area contributed by atoms with E-state index >= 15 is 0 Å². The van der Waals surface area contributed by atoms with Crippen molar-refractivity contribution in [2.24, 2.45) is 5.92 Å². The van der Waals surface area contributed by atoms with Crippen molar-refractivity contribution in [1.82, 2.24) is 4.98 Å². The molecule has 1 aliphatic carbocycles. The monoisotopic (exact) mass is 349 g/mol. The summed E-state index contributed by atoms with van der Waals surface area (Å²) < 4.78 is 10.9. The predicted molar refractivity (Wildman–Crippen MR) is 103 cm³/mol. The Balaban J connectivity index is 1.73. The van der Waals surface area contributed by atoms with Crippen molar-refractivity contribution in [2.45, 2.75) is 31.8 Å². The zero-order valence-corrected chi connectivity index (χ0v) is 15.2. The summed E-state index contributed by atoms with van der Waals surface area (Å²) in [6.07, 6.45) is 4.02. The van der Waals surface area contributed by atoms with Gasteiger partial charge in [-0.05, 0) is 55.3 Å². The lowest BCUT2D eigenvalue weighted by atomic mass is 9.82. The molecule has 0 bridgehead atoms. The van der Waals surface area contributed by atoms with Crippen LogP contribution in [0.4, 0.5) is 0 Å². The van der Waals surface area contributed by atoms with Crippen LogP contribution in [0.3, 0.4) is 0 Å². The Kier molecular flexibility index (Phi) is 4.60. The number of carbonyl (C=O) groups is 1. The van der Waals surface area contributed by atoms with E-state index in [4.69, 9.17) is 9.47 Å². The molecule has 0 radical (unpaired) electrons. The van der Waals surface area contributed by atoms with Crippen molar-refractivity contribution < 1.29 is 14.3 Å². The molecule has 3 aromatic rings. The summed E-state index contributed by atoms with van der Waals surface area (Å²) in [6.45, 7) is 0. The Morgan fingerprint density at radius 3 is 2.38 bits per heavy atom. The van der Waals surface area contributed by atoms with E-state index in [9.17, 15) is 4.79 Å².